The van der Waals surface area contributed by atoms with Gasteiger partial charge in [0.2, 0.25) is 0 Å². The molecule has 0 aliphatic carbocycles. The predicted molar refractivity (Wildman–Crippen MR) is 58.9 cm³/mol. The van der Waals surface area contributed by atoms with Crippen molar-refractivity contribution in [1.29, 1.82) is 0 Å². The fourth-order valence-corrected chi connectivity index (χ4v) is 1.58. The maximum atomic E-state index is 13.2. The zero-order valence-corrected chi connectivity index (χ0v) is 9.80. The van der Waals surface area contributed by atoms with Gasteiger partial charge in [-0.15, -0.1) is 0 Å². The number of benzene rings is 1. The summed E-state index contributed by atoms with van der Waals surface area (Å²) in [6, 6.07) is 1.33. The van der Waals surface area contributed by atoms with Crippen LogP contribution in [0.2, 0.25) is 0 Å². The number of halogens is 3. The third-order valence-corrected chi connectivity index (χ3v) is 2.42. The van der Waals surface area contributed by atoms with Gasteiger partial charge in [-0.3, -0.25) is 0 Å². The Morgan fingerprint density at radius 2 is 1.71 bits per heavy atom. The molecular formula is C12H16F3NO. The van der Waals surface area contributed by atoms with Crippen LogP contribution in [0, 0.1) is 17.5 Å². The smallest absolute Gasteiger partial charge is 0.161 e. The Bertz CT molecular complexity index is 382. The molecule has 0 radical (unpaired) electrons. The van der Waals surface area contributed by atoms with Crippen molar-refractivity contribution >= 4 is 0 Å². The van der Waals surface area contributed by atoms with Gasteiger partial charge < -0.3 is 10.4 Å². The topological polar surface area (TPSA) is 32.3 Å². The van der Waals surface area contributed by atoms with Gasteiger partial charge in [0, 0.05) is 24.2 Å². The van der Waals surface area contributed by atoms with E-state index in [-0.39, 0.29) is 18.2 Å². The Balaban J connectivity index is 2.60. The summed E-state index contributed by atoms with van der Waals surface area (Å²) in [5.41, 5.74) is 0.0707. The number of hydrogen-bond donors (Lipinski definition) is 2. The molecule has 0 aromatic heterocycles. The molecule has 0 amide bonds. The summed E-state index contributed by atoms with van der Waals surface area (Å²) in [5.74, 6) is -3.03. The van der Waals surface area contributed by atoms with Crippen molar-refractivity contribution in [3.63, 3.8) is 0 Å². The predicted octanol–water partition coefficient (Wildman–Crippen LogP) is 2.35. The van der Waals surface area contributed by atoms with E-state index in [1.54, 1.807) is 6.92 Å². The Labute approximate surface area is 98.5 Å². The molecule has 0 aliphatic rings. The molecule has 0 fully saturated rings. The molecule has 0 saturated heterocycles. The fourth-order valence-electron chi connectivity index (χ4n) is 1.58. The van der Waals surface area contributed by atoms with E-state index in [4.69, 9.17) is 5.11 Å². The Morgan fingerprint density at radius 1 is 1.12 bits per heavy atom. The first-order valence-corrected chi connectivity index (χ1v) is 5.45. The van der Waals surface area contributed by atoms with Crippen LogP contribution in [0.15, 0.2) is 12.1 Å². The normalized spacial score (nSPS) is 14.7. The third kappa shape index (κ3) is 4.36. The molecule has 0 aliphatic heterocycles. The van der Waals surface area contributed by atoms with Gasteiger partial charge in [-0.25, -0.2) is 13.2 Å². The summed E-state index contributed by atoms with van der Waals surface area (Å²) in [5, 5.41) is 12.1. The highest BCUT2D eigenvalue weighted by molar-refractivity contribution is 5.19. The van der Waals surface area contributed by atoms with Crippen LogP contribution in [0.1, 0.15) is 25.8 Å². The fraction of sp³-hybridized carbons (Fsp3) is 0.500. The van der Waals surface area contributed by atoms with E-state index in [0.717, 1.165) is 6.07 Å². The van der Waals surface area contributed by atoms with Crippen LogP contribution in [-0.2, 0) is 6.54 Å². The molecule has 2 unspecified atom stereocenters. The second-order valence-electron chi connectivity index (χ2n) is 4.22. The van der Waals surface area contributed by atoms with Crippen LogP contribution in [0.5, 0.6) is 0 Å². The van der Waals surface area contributed by atoms with Gasteiger partial charge in [-0.2, -0.15) is 0 Å². The molecule has 0 saturated carbocycles. The number of rotatable bonds is 5. The lowest BCUT2D eigenvalue weighted by molar-refractivity contribution is 0.170. The standard InChI is InChI=1S/C12H16F3NO/c1-7(3-8(2)17)16-6-9-4-11(14)12(15)5-10(9)13/h4-5,7-8,16-17H,3,6H2,1-2H3. The highest BCUT2D eigenvalue weighted by Gasteiger charge is 2.11. The third-order valence-electron chi connectivity index (χ3n) is 2.42. The van der Waals surface area contributed by atoms with Gasteiger partial charge in [0.1, 0.15) is 5.82 Å². The number of nitrogens with one attached hydrogen (secondary N) is 1. The second kappa shape index (κ2) is 6.02. The second-order valence-corrected chi connectivity index (χ2v) is 4.22. The number of aliphatic hydroxyl groups excluding tert-OH is 1. The van der Waals surface area contributed by atoms with E-state index in [0.29, 0.717) is 12.5 Å². The van der Waals surface area contributed by atoms with Crippen molar-refractivity contribution in [2.24, 2.45) is 0 Å². The molecule has 96 valence electrons. The first-order chi connectivity index (χ1) is 7.90. The van der Waals surface area contributed by atoms with Gasteiger partial charge >= 0.3 is 0 Å². The summed E-state index contributed by atoms with van der Waals surface area (Å²) in [6.45, 7) is 3.57. The summed E-state index contributed by atoms with van der Waals surface area (Å²) in [4.78, 5) is 0. The highest BCUT2D eigenvalue weighted by Crippen LogP contribution is 2.13. The van der Waals surface area contributed by atoms with Crippen LogP contribution in [0.4, 0.5) is 13.2 Å². The zero-order chi connectivity index (χ0) is 13.0. The van der Waals surface area contributed by atoms with Gasteiger partial charge in [0.25, 0.3) is 0 Å². The molecule has 0 heterocycles. The van der Waals surface area contributed by atoms with Crippen molar-refractivity contribution < 1.29 is 18.3 Å². The van der Waals surface area contributed by atoms with Crippen molar-refractivity contribution in [1.82, 2.24) is 5.32 Å². The van der Waals surface area contributed by atoms with Gasteiger partial charge in [0.05, 0.1) is 6.10 Å². The van der Waals surface area contributed by atoms with E-state index in [1.807, 2.05) is 6.92 Å². The first-order valence-electron chi connectivity index (χ1n) is 5.45. The van der Waals surface area contributed by atoms with E-state index < -0.39 is 23.6 Å². The Kier molecular flexibility index (Phi) is 4.96. The van der Waals surface area contributed by atoms with Crippen LogP contribution >= 0.6 is 0 Å². The van der Waals surface area contributed by atoms with Crippen molar-refractivity contribution in [2.75, 3.05) is 0 Å². The minimum Gasteiger partial charge on any atom is -0.393 e. The maximum absolute atomic E-state index is 13.2. The summed E-state index contributed by atoms with van der Waals surface area (Å²) in [6.07, 6.45) is 0.0398. The number of hydrogen-bond acceptors (Lipinski definition) is 2. The SMILES string of the molecule is CC(O)CC(C)NCc1cc(F)c(F)cc1F. The van der Waals surface area contributed by atoms with E-state index in [2.05, 4.69) is 5.32 Å². The highest BCUT2D eigenvalue weighted by atomic mass is 19.2. The lowest BCUT2D eigenvalue weighted by atomic mass is 10.1. The molecule has 0 bridgehead atoms. The summed E-state index contributed by atoms with van der Waals surface area (Å²) >= 11 is 0. The van der Waals surface area contributed by atoms with Gasteiger partial charge in [-0.1, -0.05) is 0 Å². The van der Waals surface area contributed by atoms with E-state index >= 15 is 0 Å². The minimum absolute atomic E-state index is 0.0393. The average Bonchev–Trinajstić information content (AvgIpc) is 2.20. The lowest BCUT2D eigenvalue weighted by Crippen LogP contribution is -2.29. The van der Waals surface area contributed by atoms with Crippen LogP contribution in [-0.4, -0.2) is 17.3 Å². The Morgan fingerprint density at radius 3 is 2.29 bits per heavy atom. The first kappa shape index (κ1) is 14.0. The molecule has 2 nitrogen and oxygen atoms in total. The molecular weight excluding hydrogens is 231 g/mol. The van der Waals surface area contributed by atoms with Crippen molar-refractivity contribution in [2.45, 2.75) is 39.0 Å². The quantitative estimate of drug-likeness (QED) is 0.783. The van der Waals surface area contributed by atoms with Crippen LogP contribution in [0.25, 0.3) is 0 Å². The minimum atomic E-state index is -1.19. The van der Waals surface area contributed by atoms with Crippen molar-refractivity contribution in [3.8, 4) is 0 Å². The van der Waals surface area contributed by atoms with Crippen molar-refractivity contribution in [3.05, 3.63) is 35.1 Å². The largest absolute Gasteiger partial charge is 0.393 e. The average molecular weight is 247 g/mol. The van der Waals surface area contributed by atoms with Crippen LogP contribution in [0.3, 0.4) is 0 Å². The molecule has 1 aromatic carbocycles. The summed E-state index contributed by atoms with van der Waals surface area (Å²) in [7, 11) is 0. The molecule has 1 rings (SSSR count). The van der Waals surface area contributed by atoms with E-state index in [9.17, 15) is 13.2 Å². The molecule has 5 heteroatoms. The molecule has 17 heavy (non-hydrogen) atoms. The van der Waals surface area contributed by atoms with Gasteiger partial charge in [0.15, 0.2) is 11.6 Å². The van der Waals surface area contributed by atoms with Gasteiger partial charge in [-0.05, 0) is 26.3 Å². The van der Waals surface area contributed by atoms with Crippen LogP contribution < -0.4 is 5.32 Å². The maximum Gasteiger partial charge on any atom is 0.161 e. The zero-order valence-electron chi connectivity index (χ0n) is 9.80. The van der Waals surface area contributed by atoms with E-state index in [1.165, 1.54) is 0 Å². The summed E-state index contributed by atoms with van der Waals surface area (Å²) < 4.78 is 38.8. The molecule has 2 N–H and O–H groups in total. The monoisotopic (exact) mass is 247 g/mol. The molecule has 0 spiro atoms. The molecule has 1 aromatic rings. The number of aliphatic hydroxyl groups is 1. The molecule has 2 atom stereocenters. The Hall–Kier alpha value is -1.07. The lowest BCUT2D eigenvalue weighted by Gasteiger charge is -2.15.